The Morgan fingerprint density at radius 2 is 0.646 bits per heavy atom. The zero-order valence-corrected chi connectivity index (χ0v) is 24.0. The van der Waals surface area contributed by atoms with Gasteiger partial charge in [-0.25, -0.2) is 0 Å². The lowest BCUT2D eigenvalue weighted by Gasteiger charge is -2.47. The first-order valence-electron chi connectivity index (χ1n) is 14.2. The van der Waals surface area contributed by atoms with Gasteiger partial charge in [0.25, 0.3) is 0 Å². The zero-order chi connectivity index (χ0) is 34.6. The zero-order valence-electron chi connectivity index (χ0n) is 24.0. The molecule has 4 rings (SSSR count). The molecule has 282 valence electrons. The molecule has 0 bridgehead atoms. The Bertz CT molecular complexity index is 907. The van der Waals surface area contributed by atoms with Crippen LogP contribution in [0.2, 0.25) is 0 Å². The third kappa shape index (κ3) is 10.3. The Labute approximate surface area is 299 Å². The molecule has 0 aromatic heterocycles. The van der Waals surface area contributed by atoms with E-state index >= 15 is 0 Å². The largest absolute Gasteiger partial charge is 0.394 e. The van der Waals surface area contributed by atoms with Crippen molar-refractivity contribution >= 4 is 40.4 Å². The van der Waals surface area contributed by atoms with Gasteiger partial charge in [-0.15, -0.1) is 0 Å². The van der Waals surface area contributed by atoms with Crippen molar-refractivity contribution in [3.05, 3.63) is 0 Å². The molecule has 0 amide bonds. The minimum absolute atomic E-state index is 0. The lowest BCUT2D eigenvalue weighted by Crippen LogP contribution is -2.66. The normalized spacial score (nSPS) is 49.5. The van der Waals surface area contributed by atoms with Crippen LogP contribution in [0.15, 0.2) is 0 Å². The van der Waals surface area contributed by atoms with Crippen LogP contribution in [0.4, 0.5) is 0 Å². The maximum Gasteiger partial charge on any atom is 0.316 e. The van der Waals surface area contributed by atoms with Gasteiger partial charge in [-0.1, -0.05) is 0 Å². The summed E-state index contributed by atoms with van der Waals surface area (Å²) < 4.78 is 31.0. The molecule has 24 heteroatoms. The number of aliphatic hydroxyl groups excluding tert-OH is 16. The number of hydrogen-bond acceptors (Lipinski definition) is 22. The molecule has 20 atom stereocenters. The molecular formula is C24H49AlMgO22. The first kappa shape index (κ1) is 46.4. The van der Waals surface area contributed by atoms with Crippen molar-refractivity contribution in [2.45, 2.75) is 123 Å². The molecule has 0 aromatic carbocycles. The molecule has 4 aliphatic rings. The van der Waals surface area contributed by atoms with Crippen LogP contribution in [0.5, 0.6) is 0 Å². The fraction of sp³-hybridized carbons (Fsp3) is 1.00. The van der Waals surface area contributed by atoms with E-state index in [1.807, 2.05) is 0 Å². The van der Waals surface area contributed by atoms with Gasteiger partial charge in [0, 0.05) is 0 Å². The molecule has 22 nitrogen and oxygen atoms in total. The van der Waals surface area contributed by atoms with E-state index in [1.54, 1.807) is 0 Å². The lowest BCUT2D eigenvalue weighted by molar-refractivity contribution is -0.377. The number of ether oxygens (including phenoxy) is 6. The predicted molar refractivity (Wildman–Crippen MR) is 156 cm³/mol. The highest BCUT2D eigenvalue weighted by Gasteiger charge is 2.53. The molecule has 0 saturated carbocycles. The van der Waals surface area contributed by atoms with Gasteiger partial charge in [0.1, 0.15) is 97.7 Å². The maximum atomic E-state index is 10.6. The standard InChI is InChI=1S/C18H32O16.C6H12O6.Al.Mg.5H/c19-1-4-7(22)8(23)12(27)17(31-4)34-15-6(3-21)32-18(13(28)10(15)25)33-14-5(2-20)30-16(29)11(26)9(14)24;7-1-2-3(8)4(9)5(10)6(11)12-2;;;;;;;/h4-29H,1-3H2;2-11H,1H2;;;;;;;/t;2-,3-,4+,5-,6?;;;;;;;/m.1......./s1. The summed E-state index contributed by atoms with van der Waals surface area (Å²) in [6.45, 7) is -2.85. The summed E-state index contributed by atoms with van der Waals surface area (Å²) >= 11 is 0. The van der Waals surface area contributed by atoms with Gasteiger partial charge < -0.3 is 110 Å². The van der Waals surface area contributed by atoms with Crippen LogP contribution in [-0.2, 0) is 28.4 Å². The van der Waals surface area contributed by atoms with Crippen LogP contribution < -0.4 is 0 Å². The van der Waals surface area contributed by atoms with E-state index in [1.165, 1.54) is 0 Å². The van der Waals surface area contributed by atoms with Crippen molar-refractivity contribution in [3.8, 4) is 0 Å². The monoisotopic (exact) mass is 740 g/mol. The molecule has 4 fully saturated rings. The quantitative estimate of drug-likeness (QED) is 0.103. The highest BCUT2D eigenvalue weighted by Crippen LogP contribution is 2.32. The van der Waals surface area contributed by atoms with Crippen LogP contribution in [-0.4, -0.2) is 271 Å². The summed E-state index contributed by atoms with van der Waals surface area (Å²) in [5, 5.41) is 154. The summed E-state index contributed by atoms with van der Waals surface area (Å²) in [6, 6.07) is 0. The lowest BCUT2D eigenvalue weighted by atomic mass is 9.96. The molecule has 0 radical (unpaired) electrons. The van der Waals surface area contributed by atoms with Crippen molar-refractivity contribution in [3.63, 3.8) is 0 Å². The van der Waals surface area contributed by atoms with Crippen molar-refractivity contribution in [1.82, 2.24) is 0 Å². The number of rotatable bonds is 8. The van der Waals surface area contributed by atoms with Crippen molar-refractivity contribution in [2.24, 2.45) is 0 Å². The molecule has 48 heavy (non-hydrogen) atoms. The summed E-state index contributed by atoms with van der Waals surface area (Å²) in [7, 11) is 0. The fourth-order valence-corrected chi connectivity index (χ4v) is 5.14. The van der Waals surface area contributed by atoms with Crippen molar-refractivity contribution < 1.29 is 110 Å². The first-order valence-corrected chi connectivity index (χ1v) is 14.2. The average molecular weight is 741 g/mol. The molecule has 0 aliphatic carbocycles. The molecule has 16 N–H and O–H groups in total. The Morgan fingerprint density at radius 1 is 0.354 bits per heavy atom. The van der Waals surface area contributed by atoms with Crippen LogP contribution in [0.3, 0.4) is 0 Å². The van der Waals surface area contributed by atoms with Gasteiger partial charge >= 0.3 is 23.1 Å². The first-order chi connectivity index (χ1) is 21.6. The van der Waals surface area contributed by atoms with Gasteiger partial charge in [-0.2, -0.15) is 0 Å². The number of aliphatic hydroxyl groups is 16. The highest BCUT2D eigenvalue weighted by atomic mass is 27.0. The van der Waals surface area contributed by atoms with Gasteiger partial charge in [-0.3, -0.25) is 0 Å². The van der Waals surface area contributed by atoms with Gasteiger partial charge in [-0.05, 0) is 0 Å². The molecule has 4 heterocycles. The maximum absolute atomic E-state index is 10.6. The van der Waals surface area contributed by atoms with Crippen molar-refractivity contribution in [1.29, 1.82) is 0 Å². The van der Waals surface area contributed by atoms with E-state index in [2.05, 4.69) is 4.74 Å². The van der Waals surface area contributed by atoms with Crippen molar-refractivity contribution in [2.75, 3.05) is 26.4 Å². The van der Waals surface area contributed by atoms with E-state index in [-0.39, 0.29) is 40.4 Å². The average Bonchev–Trinajstić information content (AvgIpc) is 3.05. The summed E-state index contributed by atoms with van der Waals surface area (Å²) in [5.74, 6) is 0. The fourth-order valence-electron chi connectivity index (χ4n) is 5.14. The number of hydrogen-bond donors (Lipinski definition) is 16. The Morgan fingerprint density at radius 3 is 1.08 bits per heavy atom. The van der Waals surface area contributed by atoms with Crippen LogP contribution in [0.25, 0.3) is 0 Å². The minimum atomic E-state index is -1.91. The van der Waals surface area contributed by atoms with Gasteiger partial charge in [0.2, 0.25) is 0 Å². The summed E-state index contributed by atoms with van der Waals surface area (Å²) in [4.78, 5) is 0. The van der Waals surface area contributed by atoms with E-state index in [0.717, 1.165) is 0 Å². The Hall–Kier alpha value is 0.419. The second kappa shape index (κ2) is 20.6. The van der Waals surface area contributed by atoms with Crippen LogP contribution in [0, 0.1) is 0 Å². The minimum Gasteiger partial charge on any atom is -0.394 e. The topological polar surface area (TPSA) is 379 Å². The Balaban J connectivity index is 0.000000697. The summed E-state index contributed by atoms with van der Waals surface area (Å²) in [6.07, 6.45) is -32.2. The van der Waals surface area contributed by atoms with Gasteiger partial charge in [0.15, 0.2) is 42.5 Å². The highest BCUT2D eigenvalue weighted by molar-refractivity contribution is 5.76. The van der Waals surface area contributed by atoms with Crippen LogP contribution >= 0.6 is 0 Å². The molecular weight excluding hydrogens is 692 g/mol. The van der Waals surface area contributed by atoms with E-state index < -0.39 is 149 Å². The van der Waals surface area contributed by atoms with E-state index in [0.29, 0.717) is 0 Å². The smallest absolute Gasteiger partial charge is 0.316 e. The molecule has 4 aliphatic heterocycles. The Kier molecular flexibility index (Phi) is 19.9. The molecule has 0 aromatic rings. The summed E-state index contributed by atoms with van der Waals surface area (Å²) in [5.41, 5.74) is 0. The van der Waals surface area contributed by atoms with Crippen LogP contribution in [0.1, 0.15) is 0 Å². The van der Waals surface area contributed by atoms with Gasteiger partial charge in [0.05, 0.1) is 26.4 Å². The third-order valence-corrected chi connectivity index (χ3v) is 7.96. The molecule has 4 saturated heterocycles. The molecule has 16 unspecified atom stereocenters. The van der Waals surface area contributed by atoms with E-state index in [9.17, 15) is 56.2 Å². The second-order valence-corrected chi connectivity index (χ2v) is 11.1. The predicted octanol–water partition coefficient (Wildman–Crippen LogP) is -12.9. The van der Waals surface area contributed by atoms with E-state index in [4.69, 9.17) is 49.2 Å². The third-order valence-electron chi connectivity index (χ3n) is 7.96. The molecule has 0 spiro atoms. The second-order valence-electron chi connectivity index (χ2n) is 11.1. The SMILES string of the molecule is OCC1OC(OC2C(CO)OC(OC3C(CO)OC(O)C(O)C3O)C(O)C2O)C(O)C(O)C1O.OC[C@H]1OC(O)[C@H](O)[C@@H](O)[C@@H]1O.[AlH3].[MgH2].